The molecule has 0 aliphatic carbocycles. The van der Waals surface area contributed by atoms with E-state index in [2.05, 4.69) is 5.16 Å². The highest BCUT2D eigenvalue weighted by atomic mass is 35.5. The zero-order chi connectivity index (χ0) is 15.1. The Balaban J connectivity index is 1.77. The van der Waals surface area contributed by atoms with Crippen LogP contribution in [0.3, 0.4) is 0 Å². The Morgan fingerprint density at radius 1 is 1.14 bits per heavy atom. The topological polar surface area (TPSA) is 67.8 Å². The van der Waals surface area contributed by atoms with Crippen molar-refractivity contribution in [3.05, 3.63) is 59.1 Å². The van der Waals surface area contributed by atoms with Crippen LogP contribution in [0, 0.1) is 0 Å². The molecule has 0 aliphatic heterocycles. The van der Waals surface area contributed by atoms with Crippen LogP contribution in [0.15, 0.2) is 58.6 Å². The van der Waals surface area contributed by atoms with E-state index in [1.54, 1.807) is 36.0 Å². The Morgan fingerprint density at radius 3 is 2.43 bits per heavy atom. The summed E-state index contributed by atoms with van der Waals surface area (Å²) >= 11 is 7.54. The van der Waals surface area contributed by atoms with E-state index in [1.807, 2.05) is 24.3 Å². The molecule has 110 valence electrons. The largest absolute Gasteiger partial charge is 0.493 e. The average Bonchev–Trinajstić information content (AvgIpc) is 2.53. The molecule has 2 aromatic carbocycles. The highest BCUT2D eigenvalue weighted by Gasteiger charge is 2.00. The van der Waals surface area contributed by atoms with Gasteiger partial charge in [0, 0.05) is 21.2 Å². The van der Waals surface area contributed by atoms with E-state index in [-0.39, 0.29) is 5.84 Å². The fraction of sp³-hybridized carbons (Fsp3) is 0.133. The van der Waals surface area contributed by atoms with Gasteiger partial charge in [0.15, 0.2) is 5.84 Å². The molecule has 0 fully saturated rings. The summed E-state index contributed by atoms with van der Waals surface area (Å²) in [6.45, 7) is 0.593. The molecule has 3 N–H and O–H groups in total. The minimum atomic E-state index is 0.0832. The number of hydrogen-bond acceptors (Lipinski definition) is 4. The maximum atomic E-state index is 8.58. The molecule has 21 heavy (non-hydrogen) atoms. The second-order valence-corrected chi connectivity index (χ2v) is 5.77. The van der Waals surface area contributed by atoms with E-state index in [0.717, 1.165) is 21.4 Å². The lowest BCUT2D eigenvalue weighted by Gasteiger charge is -2.07. The molecule has 0 amide bonds. The number of rotatable bonds is 6. The van der Waals surface area contributed by atoms with E-state index in [0.29, 0.717) is 12.2 Å². The highest BCUT2D eigenvalue weighted by molar-refractivity contribution is 7.99. The lowest BCUT2D eigenvalue weighted by atomic mass is 10.2. The van der Waals surface area contributed by atoms with Crippen molar-refractivity contribution in [1.82, 2.24) is 0 Å². The second-order valence-electron chi connectivity index (χ2n) is 4.16. The number of benzene rings is 2. The first-order chi connectivity index (χ1) is 10.2. The Kier molecular flexibility index (Phi) is 5.78. The van der Waals surface area contributed by atoms with Gasteiger partial charge in [0.05, 0.1) is 6.61 Å². The van der Waals surface area contributed by atoms with Crippen LogP contribution in [0.5, 0.6) is 5.75 Å². The summed E-state index contributed by atoms with van der Waals surface area (Å²) in [5.74, 6) is 1.67. The molecule has 0 radical (unpaired) electrons. The smallest absolute Gasteiger partial charge is 0.170 e. The normalized spacial score (nSPS) is 11.4. The molecule has 0 bridgehead atoms. The summed E-state index contributed by atoms with van der Waals surface area (Å²) in [6, 6.07) is 14.8. The van der Waals surface area contributed by atoms with Gasteiger partial charge in [0.2, 0.25) is 0 Å². The molecule has 4 nitrogen and oxygen atoms in total. The predicted molar refractivity (Wildman–Crippen MR) is 86.6 cm³/mol. The number of nitrogens with two attached hydrogens (primary N) is 1. The number of thioether (sulfide) groups is 1. The Morgan fingerprint density at radius 2 is 1.81 bits per heavy atom. The number of nitrogens with zero attached hydrogens (tertiary/aromatic N) is 1. The molecule has 0 atom stereocenters. The van der Waals surface area contributed by atoms with Gasteiger partial charge in [0.25, 0.3) is 0 Å². The van der Waals surface area contributed by atoms with Crippen LogP contribution in [0.4, 0.5) is 0 Å². The van der Waals surface area contributed by atoms with Crippen LogP contribution in [-0.4, -0.2) is 23.4 Å². The Bertz CT molecular complexity index is 600. The second kappa shape index (κ2) is 7.81. The first-order valence-corrected chi connectivity index (χ1v) is 7.64. The molecular weight excluding hydrogens is 308 g/mol. The van der Waals surface area contributed by atoms with Gasteiger partial charge in [-0.05, 0) is 48.5 Å². The van der Waals surface area contributed by atoms with Crippen LogP contribution >= 0.6 is 23.4 Å². The average molecular weight is 323 g/mol. The minimum Gasteiger partial charge on any atom is -0.493 e. The van der Waals surface area contributed by atoms with Gasteiger partial charge in [-0.1, -0.05) is 16.8 Å². The molecule has 0 saturated heterocycles. The van der Waals surface area contributed by atoms with Gasteiger partial charge < -0.3 is 15.7 Å². The van der Waals surface area contributed by atoms with Crippen molar-refractivity contribution in [2.45, 2.75) is 4.90 Å². The fourth-order valence-electron chi connectivity index (χ4n) is 1.63. The van der Waals surface area contributed by atoms with Gasteiger partial charge in [-0.15, -0.1) is 11.8 Å². The maximum absolute atomic E-state index is 8.58. The summed E-state index contributed by atoms with van der Waals surface area (Å²) in [4.78, 5) is 1.16. The monoisotopic (exact) mass is 322 g/mol. The zero-order valence-corrected chi connectivity index (χ0v) is 12.8. The van der Waals surface area contributed by atoms with Gasteiger partial charge in [-0.3, -0.25) is 0 Å². The van der Waals surface area contributed by atoms with Gasteiger partial charge >= 0.3 is 0 Å². The third-order valence-corrected chi connectivity index (χ3v) is 3.92. The van der Waals surface area contributed by atoms with Crippen molar-refractivity contribution in [3.8, 4) is 5.75 Å². The third-order valence-electron chi connectivity index (χ3n) is 2.69. The van der Waals surface area contributed by atoms with Crippen LogP contribution in [0.1, 0.15) is 5.56 Å². The van der Waals surface area contributed by atoms with Gasteiger partial charge in [0.1, 0.15) is 5.75 Å². The fourth-order valence-corrected chi connectivity index (χ4v) is 2.49. The SMILES string of the molecule is N/C(=N/O)c1ccc(OCCSc2ccc(Cl)cc2)cc1. The first-order valence-electron chi connectivity index (χ1n) is 6.28. The van der Waals surface area contributed by atoms with Gasteiger partial charge in [-0.2, -0.15) is 0 Å². The number of hydrogen-bond donors (Lipinski definition) is 2. The van der Waals surface area contributed by atoms with Crippen LogP contribution in [-0.2, 0) is 0 Å². The minimum absolute atomic E-state index is 0.0832. The Labute approximate surface area is 132 Å². The number of amidine groups is 1. The molecule has 0 aliphatic rings. The molecule has 0 spiro atoms. The Hall–Kier alpha value is -1.85. The molecule has 2 rings (SSSR count). The summed E-state index contributed by atoms with van der Waals surface area (Å²) < 4.78 is 5.63. The molecule has 2 aromatic rings. The van der Waals surface area contributed by atoms with Crippen molar-refractivity contribution in [3.63, 3.8) is 0 Å². The predicted octanol–water partition coefficient (Wildman–Crippen LogP) is 3.61. The number of halogens is 1. The third kappa shape index (κ3) is 4.88. The lowest BCUT2D eigenvalue weighted by molar-refractivity contribution is 0.318. The van der Waals surface area contributed by atoms with Crippen molar-refractivity contribution in [1.29, 1.82) is 0 Å². The number of ether oxygens (including phenoxy) is 1. The summed E-state index contributed by atoms with van der Waals surface area (Å²) in [5.41, 5.74) is 6.14. The van der Waals surface area contributed by atoms with Crippen LogP contribution in [0.2, 0.25) is 5.02 Å². The van der Waals surface area contributed by atoms with Crippen molar-refractivity contribution < 1.29 is 9.94 Å². The van der Waals surface area contributed by atoms with Crippen molar-refractivity contribution >= 4 is 29.2 Å². The van der Waals surface area contributed by atoms with E-state index in [1.165, 1.54) is 0 Å². The van der Waals surface area contributed by atoms with Crippen LogP contribution < -0.4 is 10.5 Å². The summed E-state index contributed by atoms with van der Waals surface area (Å²) in [7, 11) is 0. The van der Waals surface area contributed by atoms with Crippen LogP contribution in [0.25, 0.3) is 0 Å². The molecular formula is C15H15ClN2O2S. The van der Waals surface area contributed by atoms with E-state index in [4.69, 9.17) is 27.3 Å². The molecule has 6 heteroatoms. The van der Waals surface area contributed by atoms with E-state index in [9.17, 15) is 0 Å². The quantitative estimate of drug-likeness (QED) is 0.213. The summed E-state index contributed by atoms with van der Waals surface area (Å²) in [6.07, 6.45) is 0. The molecule has 0 unspecified atom stereocenters. The standard InChI is InChI=1S/C15H15ClN2O2S/c16-12-3-7-14(8-4-12)21-10-9-20-13-5-1-11(2-6-13)15(17)18-19/h1-8,19H,9-10H2,(H2,17,18). The molecule has 0 saturated carbocycles. The van der Waals surface area contributed by atoms with E-state index < -0.39 is 0 Å². The number of oxime groups is 1. The highest BCUT2D eigenvalue weighted by Crippen LogP contribution is 2.20. The summed E-state index contributed by atoms with van der Waals surface area (Å²) in [5, 5.41) is 12.3. The first kappa shape index (κ1) is 15.5. The molecule has 0 heterocycles. The maximum Gasteiger partial charge on any atom is 0.170 e. The zero-order valence-electron chi connectivity index (χ0n) is 11.2. The lowest BCUT2D eigenvalue weighted by Crippen LogP contribution is -2.12. The van der Waals surface area contributed by atoms with E-state index >= 15 is 0 Å². The molecule has 0 aromatic heterocycles. The van der Waals surface area contributed by atoms with Gasteiger partial charge in [-0.25, -0.2) is 0 Å². The van der Waals surface area contributed by atoms with Crippen molar-refractivity contribution in [2.24, 2.45) is 10.9 Å². The van der Waals surface area contributed by atoms with Crippen molar-refractivity contribution in [2.75, 3.05) is 12.4 Å².